The van der Waals surface area contributed by atoms with E-state index in [2.05, 4.69) is 160 Å². The number of phosphoric ester groups is 1. The number of carbonyl (C=O) groups excluding carboxylic acids is 1. The topological polar surface area (TPSA) is 155 Å². The highest BCUT2D eigenvalue weighted by Crippen LogP contribution is 2.43. The van der Waals surface area contributed by atoms with Crippen molar-refractivity contribution in [3.8, 4) is 0 Å². The Bertz CT molecular complexity index is 1650. The van der Waals surface area contributed by atoms with Gasteiger partial charge in [-0.05, 0) is 116 Å². The molecule has 0 aliphatic rings. The third-order valence-corrected chi connectivity index (χ3v) is 11.1. The molecule has 0 aromatic carbocycles. The molecular weight excluding hydrogens is 886 g/mol. The van der Waals surface area contributed by atoms with Crippen molar-refractivity contribution in [1.82, 2.24) is 0 Å². The van der Waals surface area contributed by atoms with Crippen molar-refractivity contribution < 1.29 is 42.7 Å². The highest BCUT2D eigenvalue weighted by atomic mass is 31.2. The number of carboxylic acid groups (broad SMARTS) is 1. The van der Waals surface area contributed by atoms with Crippen molar-refractivity contribution in [2.75, 3.05) is 26.4 Å². The molecule has 0 saturated heterocycles. The van der Waals surface area contributed by atoms with Crippen molar-refractivity contribution in [3.63, 3.8) is 0 Å². The molecule has 0 radical (unpaired) electrons. The summed E-state index contributed by atoms with van der Waals surface area (Å²) in [6.07, 6.45) is 74.7. The molecule has 3 unspecified atom stereocenters. The maximum Gasteiger partial charge on any atom is 0.472 e. The lowest BCUT2D eigenvalue weighted by molar-refractivity contribution is -0.154. The van der Waals surface area contributed by atoms with Gasteiger partial charge in [0.1, 0.15) is 12.1 Å². The van der Waals surface area contributed by atoms with Gasteiger partial charge in [0.2, 0.25) is 0 Å². The molecule has 0 aromatic rings. The third-order valence-electron chi connectivity index (χ3n) is 10.1. The summed E-state index contributed by atoms with van der Waals surface area (Å²) in [6, 6.07) is -1.49. The zero-order chi connectivity index (χ0) is 50.4. The summed E-state index contributed by atoms with van der Waals surface area (Å²) in [5.41, 5.74) is 5.37. The Labute approximate surface area is 419 Å². The second-order valence-electron chi connectivity index (χ2n) is 16.5. The second kappa shape index (κ2) is 51.7. The largest absolute Gasteiger partial charge is 0.480 e. The fraction of sp³-hybridized carbons (Fsp3) is 0.552. The number of phosphoric acid groups is 1. The quantitative estimate of drug-likeness (QED) is 0.0232. The van der Waals surface area contributed by atoms with Crippen molar-refractivity contribution in [2.24, 2.45) is 5.73 Å². The van der Waals surface area contributed by atoms with Crippen LogP contribution in [-0.2, 0) is 32.7 Å². The average Bonchev–Trinajstić information content (AvgIpc) is 3.33. The summed E-state index contributed by atoms with van der Waals surface area (Å²) in [5, 5.41) is 8.94. The van der Waals surface area contributed by atoms with E-state index in [0.29, 0.717) is 13.0 Å². The summed E-state index contributed by atoms with van der Waals surface area (Å²) in [5.74, 6) is -1.83. The van der Waals surface area contributed by atoms with Crippen molar-refractivity contribution >= 4 is 19.8 Å². The van der Waals surface area contributed by atoms with Gasteiger partial charge in [0.15, 0.2) is 0 Å². The van der Waals surface area contributed by atoms with Crippen LogP contribution in [0.2, 0.25) is 0 Å². The zero-order valence-electron chi connectivity index (χ0n) is 42.6. The minimum Gasteiger partial charge on any atom is -0.480 e. The smallest absolute Gasteiger partial charge is 0.472 e. The Morgan fingerprint density at radius 2 is 0.797 bits per heavy atom. The van der Waals surface area contributed by atoms with Gasteiger partial charge in [0.25, 0.3) is 0 Å². The SMILES string of the molecule is CC/C=C\C/C=C\C/C=C\C/C=C\C/C=C\C/C=C\CCCCCCCOCC(COP(=O)(O)OCC(N)C(=O)O)OC(=O)CCCCCC/C=C\C/C=C\C/C=C\C/C=C\C/C=C\C/C=C\CC. The number of hydrogen-bond donors (Lipinski definition) is 3. The van der Waals surface area contributed by atoms with E-state index in [0.717, 1.165) is 141 Å². The molecule has 11 heteroatoms. The lowest BCUT2D eigenvalue weighted by Crippen LogP contribution is -2.34. The van der Waals surface area contributed by atoms with Crippen LogP contribution < -0.4 is 5.73 Å². The maximum absolute atomic E-state index is 12.7. The molecule has 0 rings (SSSR count). The lowest BCUT2D eigenvalue weighted by Gasteiger charge is -2.20. The van der Waals surface area contributed by atoms with Crippen LogP contribution in [0.15, 0.2) is 146 Å². The van der Waals surface area contributed by atoms with Gasteiger partial charge < -0.3 is 25.2 Å². The van der Waals surface area contributed by atoms with Crippen LogP contribution in [0.4, 0.5) is 0 Å². The molecule has 0 bridgehead atoms. The van der Waals surface area contributed by atoms with E-state index in [1.54, 1.807) is 0 Å². The number of rotatable bonds is 47. The van der Waals surface area contributed by atoms with Crippen LogP contribution in [0.1, 0.15) is 168 Å². The van der Waals surface area contributed by atoms with Gasteiger partial charge in [-0.1, -0.05) is 192 Å². The standard InChI is InChI=1S/C58H92NO9P/c1-3-5-7-9-11-13-15-17-19-21-23-25-27-29-31-33-35-37-39-41-43-45-47-49-51-65-52-55(53-66-69(63,64)67-54-56(59)58(61)62)68-57(60)50-48-46-44-42-40-38-36-34-32-30-28-26-24-22-20-18-16-14-12-10-8-6-4-2/h5-8,11-14,17-20,23-26,29-32,35-38,55-56H,3-4,9-10,15-16,21-22,27-28,33-34,39-54,59H2,1-2H3,(H,61,62)(H,63,64)/b7-5-,8-6-,13-11-,14-12-,19-17-,20-18-,25-23-,26-24-,31-29-,32-30-,37-35-,38-36-. The van der Waals surface area contributed by atoms with Gasteiger partial charge in [0, 0.05) is 13.0 Å². The van der Waals surface area contributed by atoms with E-state index in [1.807, 2.05) is 0 Å². The molecule has 0 heterocycles. The number of aliphatic carboxylic acids is 1. The van der Waals surface area contributed by atoms with Gasteiger partial charge in [-0.3, -0.25) is 18.6 Å². The number of carbonyl (C=O) groups is 2. The Balaban J connectivity index is 4.30. The molecule has 10 nitrogen and oxygen atoms in total. The van der Waals surface area contributed by atoms with Gasteiger partial charge in [0.05, 0.1) is 19.8 Å². The summed E-state index contributed by atoms with van der Waals surface area (Å²) in [7, 11) is -4.65. The lowest BCUT2D eigenvalue weighted by atomic mass is 10.1. The number of hydrogen-bond acceptors (Lipinski definition) is 8. The molecule has 4 N–H and O–H groups in total. The Morgan fingerprint density at radius 3 is 1.19 bits per heavy atom. The molecule has 0 aliphatic carbocycles. The number of esters is 1. The van der Waals surface area contributed by atoms with Gasteiger partial charge in [-0.25, -0.2) is 4.57 Å². The fourth-order valence-corrected chi connectivity index (χ4v) is 6.98. The fourth-order valence-electron chi connectivity index (χ4n) is 6.20. The van der Waals surface area contributed by atoms with Crippen molar-refractivity contribution in [2.45, 2.75) is 180 Å². The van der Waals surface area contributed by atoms with E-state index in [9.17, 15) is 19.0 Å². The monoisotopic (exact) mass is 978 g/mol. The van der Waals surface area contributed by atoms with Crippen molar-refractivity contribution in [3.05, 3.63) is 146 Å². The van der Waals surface area contributed by atoms with E-state index in [1.165, 1.54) is 0 Å². The first kappa shape index (κ1) is 64.8. The van der Waals surface area contributed by atoms with Crippen LogP contribution >= 0.6 is 7.82 Å². The maximum atomic E-state index is 12.7. The Kier molecular flexibility index (Phi) is 48.6. The predicted molar refractivity (Wildman–Crippen MR) is 290 cm³/mol. The summed E-state index contributed by atoms with van der Waals surface area (Å²) in [6.45, 7) is 3.55. The summed E-state index contributed by atoms with van der Waals surface area (Å²) < 4.78 is 33.5. The first-order chi connectivity index (χ1) is 33.7. The Hall–Kier alpha value is -4.15. The number of allylic oxidation sites excluding steroid dienone is 24. The minimum atomic E-state index is -4.65. The number of carboxylic acids is 1. The third kappa shape index (κ3) is 51.5. The first-order valence-electron chi connectivity index (χ1n) is 25.9. The molecule has 388 valence electrons. The van der Waals surface area contributed by atoms with E-state index in [-0.39, 0.29) is 13.0 Å². The predicted octanol–water partition coefficient (Wildman–Crippen LogP) is 15.5. The summed E-state index contributed by atoms with van der Waals surface area (Å²) >= 11 is 0. The second-order valence-corrected chi connectivity index (χ2v) is 18.0. The first-order valence-corrected chi connectivity index (χ1v) is 27.4. The van der Waals surface area contributed by atoms with E-state index in [4.69, 9.17) is 29.4 Å². The van der Waals surface area contributed by atoms with Crippen LogP contribution in [-0.4, -0.2) is 60.5 Å². The molecule has 0 aliphatic heterocycles. The minimum absolute atomic E-state index is 0.0188. The van der Waals surface area contributed by atoms with Crippen LogP contribution in [0.25, 0.3) is 0 Å². The normalized spacial score (nSPS) is 14.8. The van der Waals surface area contributed by atoms with Crippen LogP contribution in [0.5, 0.6) is 0 Å². The molecule has 69 heavy (non-hydrogen) atoms. The van der Waals surface area contributed by atoms with Gasteiger partial charge >= 0.3 is 19.8 Å². The molecule has 0 fully saturated rings. The summed E-state index contributed by atoms with van der Waals surface area (Å²) in [4.78, 5) is 33.7. The van der Waals surface area contributed by atoms with Gasteiger partial charge in [-0.2, -0.15) is 0 Å². The highest BCUT2D eigenvalue weighted by Gasteiger charge is 2.27. The molecule has 0 amide bonds. The molecular formula is C58H92NO9P. The average molecular weight is 978 g/mol. The molecule has 0 saturated carbocycles. The number of ether oxygens (including phenoxy) is 2. The molecule has 0 aromatic heterocycles. The van der Waals surface area contributed by atoms with Gasteiger partial charge in [-0.15, -0.1) is 0 Å². The van der Waals surface area contributed by atoms with Crippen molar-refractivity contribution in [1.29, 1.82) is 0 Å². The van der Waals surface area contributed by atoms with E-state index < -0.39 is 45.1 Å². The molecule has 3 atom stereocenters. The molecule has 0 spiro atoms. The van der Waals surface area contributed by atoms with E-state index >= 15 is 0 Å². The number of nitrogens with two attached hydrogens (primary N) is 1. The Morgan fingerprint density at radius 1 is 0.464 bits per heavy atom. The highest BCUT2D eigenvalue weighted by molar-refractivity contribution is 7.47. The van der Waals surface area contributed by atoms with Crippen LogP contribution in [0.3, 0.4) is 0 Å². The number of unbranched alkanes of at least 4 members (excludes halogenated alkanes) is 9. The van der Waals surface area contributed by atoms with Crippen LogP contribution in [0, 0.1) is 0 Å². The zero-order valence-corrected chi connectivity index (χ0v) is 43.5.